The maximum atomic E-state index is 12.4. The zero-order chi connectivity index (χ0) is 19.6. The van der Waals surface area contributed by atoms with E-state index in [2.05, 4.69) is 17.6 Å². The highest BCUT2D eigenvalue weighted by Gasteiger charge is 2.17. The van der Waals surface area contributed by atoms with Gasteiger partial charge in [-0.15, -0.1) is 0 Å². The Bertz CT molecular complexity index is 776. The van der Waals surface area contributed by atoms with Crippen LogP contribution >= 0.6 is 0 Å². The standard InChI is InChI=1S/C21H26N2O4/c1-4-5-13-22-21(25)16-9-8-10-17(14-16)23-20(24)15(2)27-19-12-7-6-11-18(19)26-3/h6-12,14-15H,4-5,13H2,1-3H3,(H,22,25)(H,23,24). The molecular formula is C21H26N2O4. The number of methoxy groups -OCH3 is 1. The minimum Gasteiger partial charge on any atom is -0.493 e. The van der Waals surface area contributed by atoms with Crippen molar-refractivity contribution < 1.29 is 19.1 Å². The van der Waals surface area contributed by atoms with Gasteiger partial charge in [-0.2, -0.15) is 0 Å². The number of hydrogen-bond donors (Lipinski definition) is 2. The SMILES string of the molecule is CCCCNC(=O)c1cccc(NC(=O)C(C)Oc2ccccc2OC)c1. The van der Waals surface area contributed by atoms with Gasteiger partial charge in [0.05, 0.1) is 7.11 Å². The van der Waals surface area contributed by atoms with Crippen molar-refractivity contribution in [2.75, 3.05) is 19.0 Å². The Kier molecular flexibility index (Phi) is 7.67. The first-order chi connectivity index (χ1) is 13.0. The molecule has 0 aliphatic heterocycles. The van der Waals surface area contributed by atoms with E-state index in [9.17, 15) is 9.59 Å². The van der Waals surface area contributed by atoms with Crippen molar-refractivity contribution in [1.82, 2.24) is 5.32 Å². The van der Waals surface area contributed by atoms with Gasteiger partial charge in [0.15, 0.2) is 17.6 Å². The number of carbonyl (C=O) groups excluding carboxylic acids is 2. The normalized spacial score (nSPS) is 11.4. The molecule has 27 heavy (non-hydrogen) atoms. The topological polar surface area (TPSA) is 76.7 Å². The Morgan fingerprint density at radius 3 is 2.52 bits per heavy atom. The molecule has 0 heterocycles. The molecule has 2 aromatic rings. The second-order valence-electron chi connectivity index (χ2n) is 6.09. The summed E-state index contributed by atoms with van der Waals surface area (Å²) in [7, 11) is 1.55. The molecule has 6 heteroatoms. The minimum absolute atomic E-state index is 0.155. The fourth-order valence-corrected chi connectivity index (χ4v) is 2.42. The van der Waals surface area contributed by atoms with Gasteiger partial charge < -0.3 is 20.1 Å². The van der Waals surface area contributed by atoms with E-state index >= 15 is 0 Å². The molecule has 0 radical (unpaired) electrons. The van der Waals surface area contributed by atoms with Crippen molar-refractivity contribution in [2.24, 2.45) is 0 Å². The minimum atomic E-state index is -0.733. The van der Waals surface area contributed by atoms with E-state index < -0.39 is 6.10 Å². The van der Waals surface area contributed by atoms with Crippen LogP contribution < -0.4 is 20.1 Å². The summed E-state index contributed by atoms with van der Waals surface area (Å²) < 4.78 is 10.9. The molecule has 6 nitrogen and oxygen atoms in total. The molecule has 1 atom stereocenters. The summed E-state index contributed by atoms with van der Waals surface area (Å²) in [5.74, 6) is 0.580. The Hall–Kier alpha value is -3.02. The lowest BCUT2D eigenvalue weighted by molar-refractivity contribution is -0.122. The zero-order valence-corrected chi connectivity index (χ0v) is 16.0. The molecule has 2 rings (SSSR count). The fourth-order valence-electron chi connectivity index (χ4n) is 2.42. The van der Waals surface area contributed by atoms with Gasteiger partial charge in [-0.25, -0.2) is 0 Å². The van der Waals surface area contributed by atoms with Gasteiger partial charge in [0.2, 0.25) is 0 Å². The van der Waals surface area contributed by atoms with E-state index in [4.69, 9.17) is 9.47 Å². The Morgan fingerprint density at radius 2 is 1.81 bits per heavy atom. The van der Waals surface area contributed by atoms with Crippen LogP contribution in [0.15, 0.2) is 48.5 Å². The second-order valence-corrected chi connectivity index (χ2v) is 6.09. The van der Waals surface area contributed by atoms with Crippen molar-refractivity contribution in [3.8, 4) is 11.5 Å². The molecule has 0 bridgehead atoms. The zero-order valence-electron chi connectivity index (χ0n) is 16.0. The lowest BCUT2D eigenvalue weighted by Crippen LogP contribution is -2.30. The van der Waals surface area contributed by atoms with E-state index in [1.165, 1.54) is 0 Å². The third-order valence-electron chi connectivity index (χ3n) is 3.95. The van der Waals surface area contributed by atoms with Gasteiger partial charge in [-0.05, 0) is 43.7 Å². The maximum absolute atomic E-state index is 12.4. The second kappa shape index (κ2) is 10.2. The van der Waals surface area contributed by atoms with Gasteiger partial charge in [-0.3, -0.25) is 9.59 Å². The number of amides is 2. The Morgan fingerprint density at radius 1 is 1.07 bits per heavy atom. The number of nitrogens with one attached hydrogen (secondary N) is 2. The summed E-state index contributed by atoms with van der Waals surface area (Å²) in [5, 5.41) is 5.64. The van der Waals surface area contributed by atoms with E-state index in [0.29, 0.717) is 29.3 Å². The number of para-hydroxylation sites is 2. The highest BCUT2D eigenvalue weighted by molar-refractivity contribution is 5.98. The van der Waals surface area contributed by atoms with Crippen LogP contribution in [-0.4, -0.2) is 31.6 Å². The van der Waals surface area contributed by atoms with Crippen molar-refractivity contribution >= 4 is 17.5 Å². The van der Waals surface area contributed by atoms with Crippen LogP contribution in [0.3, 0.4) is 0 Å². The molecule has 0 aliphatic rings. The van der Waals surface area contributed by atoms with E-state index in [1.807, 2.05) is 12.1 Å². The number of carbonyl (C=O) groups is 2. The lowest BCUT2D eigenvalue weighted by atomic mass is 10.1. The monoisotopic (exact) mass is 370 g/mol. The molecule has 2 N–H and O–H groups in total. The van der Waals surface area contributed by atoms with Crippen LogP contribution in [0.5, 0.6) is 11.5 Å². The highest BCUT2D eigenvalue weighted by atomic mass is 16.5. The number of ether oxygens (including phenoxy) is 2. The van der Waals surface area contributed by atoms with Crippen LogP contribution in [0.25, 0.3) is 0 Å². The molecule has 0 saturated heterocycles. The van der Waals surface area contributed by atoms with Crippen LogP contribution in [-0.2, 0) is 4.79 Å². The number of hydrogen-bond acceptors (Lipinski definition) is 4. The van der Waals surface area contributed by atoms with Crippen molar-refractivity contribution in [3.05, 3.63) is 54.1 Å². The third-order valence-corrected chi connectivity index (χ3v) is 3.95. The highest BCUT2D eigenvalue weighted by Crippen LogP contribution is 2.27. The molecule has 0 saturated carbocycles. The van der Waals surface area contributed by atoms with Crippen LogP contribution in [0.4, 0.5) is 5.69 Å². The number of unbranched alkanes of at least 4 members (excludes halogenated alkanes) is 1. The molecule has 0 fully saturated rings. The first-order valence-electron chi connectivity index (χ1n) is 9.04. The predicted molar refractivity (Wildman–Crippen MR) is 105 cm³/mol. The van der Waals surface area contributed by atoms with Crippen LogP contribution in [0.2, 0.25) is 0 Å². The average Bonchev–Trinajstić information content (AvgIpc) is 2.68. The molecule has 144 valence electrons. The largest absolute Gasteiger partial charge is 0.493 e. The van der Waals surface area contributed by atoms with Crippen molar-refractivity contribution in [3.63, 3.8) is 0 Å². The summed E-state index contributed by atoms with van der Waals surface area (Å²) in [6.45, 7) is 4.36. The third kappa shape index (κ3) is 6.02. The predicted octanol–water partition coefficient (Wildman–Crippen LogP) is 3.63. The van der Waals surface area contributed by atoms with E-state index in [0.717, 1.165) is 12.8 Å². The number of rotatable bonds is 9. The molecule has 0 spiro atoms. The number of anilines is 1. The van der Waals surface area contributed by atoms with Crippen LogP contribution in [0.1, 0.15) is 37.0 Å². The maximum Gasteiger partial charge on any atom is 0.265 e. The first-order valence-corrected chi connectivity index (χ1v) is 9.04. The Balaban J connectivity index is 1.98. The molecule has 2 amide bonds. The fraction of sp³-hybridized carbons (Fsp3) is 0.333. The van der Waals surface area contributed by atoms with E-state index in [-0.39, 0.29) is 11.8 Å². The summed E-state index contributed by atoms with van der Waals surface area (Å²) in [6, 6.07) is 14.0. The number of benzene rings is 2. The molecule has 1 unspecified atom stereocenters. The van der Waals surface area contributed by atoms with Gasteiger partial charge in [-0.1, -0.05) is 31.5 Å². The average molecular weight is 370 g/mol. The van der Waals surface area contributed by atoms with Crippen molar-refractivity contribution in [2.45, 2.75) is 32.8 Å². The van der Waals surface area contributed by atoms with Crippen molar-refractivity contribution in [1.29, 1.82) is 0 Å². The summed E-state index contributed by atoms with van der Waals surface area (Å²) >= 11 is 0. The smallest absolute Gasteiger partial charge is 0.265 e. The van der Waals surface area contributed by atoms with E-state index in [1.54, 1.807) is 50.4 Å². The lowest BCUT2D eigenvalue weighted by Gasteiger charge is -2.17. The van der Waals surface area contributed by atoms with Gasteiger partial charge >= 0.3 is 0 Å². The van der Waals surface area contributed by atoms with Crippen LogP contribution in [0, 0.1) is 0 Å². The van der Waals surface area contributed by atoms with Gasteiger partial charge in [0.25, 0.3) is 11.8 Å². The molecule has 0 aromatic heterocycles. The first kappa shape index (κ1) is 20.3. The Labute approximate surface area is 159 Å². The molecule has 0 aliphatic carbocycles. The van der Waals surface area contributed by atoms with Gasteiger partial charge in [0, 0.05) is 17.8 Å². The molecular weight excluding hydrogens is 344 g/mol. The summed E-state index contributed by atoms with van der Waals surface area (Å²) in [5.41, 5.74) is 1.04. The summed E-state index contributed by atoms with van der Waals surface area (Å²) in [4.78, 5) is 24.6. The molecule has 2 aromatic carbocycles. The summed E-state index contributed by atoms with van der Waals surface area (Å²) in [6.07, 6.45) is 1.21. The van der Waals surface area contributed by atoms with Gasteiger partial charge in [0.1, 0.15) is 0 Å². The quantitative estimate of drug-likeness (QED) is 0.661.